The van der Waals surface area contributed by atoms with Crippen LogP contribution in [0, 0.1) is 11.8 Å². The van der Waals surface area contributed by atoms with Crippen LogP contribution >= 0.6 is 0 Å². The van der Waals surface area contributed by atoms with Gasteiger partial charge < -0.3 is 19.5 Å². The van der Waals surface area contributed by atoms with Crippen LogP contribution in [0.1, 0.15) is 86.2 Å². The highest BCUT2D eigenvalue weighted by Gasteiger charge is 2.67. The summed E-state index contributed by atoms with van der Waals surface area (Å²) in [4.78, 5) is 31.1. The summed E-state index contributed by atoms with van der Waals surface area (Å²) in [7, 11) is 1.64. The monoisotopic (exact) mass is 572 g/mol. The third-order valence-corrected chi connectivity index (χ3v) is 11.1. The van der Waals surface area contributed by atoms with Crippen molar-refractivity contribution in [3.63, 3.8) is 0 Å². The maximum atomic E-state index is 13.8. The van der Waals surface area contributed by atoms with E-state index in [9.17, 15) is 14.7 Å². The molecule has 0 aromatic heterocycles. The molecule has 2 bridgehead atoms. The Labute approximate surface area is 249 Å². The number of rotatable bonds is 11. The van der Waals surface area contributed by atoms with Crippen LogP contribution in [0.5, 0.6) is 17.2 Å². The largest absolute Gasteiger partial charge is 0.508 e. The smallest absolute Gasteiger partial charge is 0.222 e. The van der Waals surface area contributed by atoms with Crippen LogP contribution in [-0.2, 0) is 16.6 Å². The first-order chi connectivity index (χ1) is 20.5. The van der Waals surface area contributed by atoms with Crippen molar-refractivity contribution in [2.45, 2.75) is 94.7 Å². The number of likely N-dealkylation sites (tertiary alicyclic amines) is 1. The van der Waals surface area contributed by atoms with E-state index in [1.165, 1.54) is 18.4 Å². The zero-order chi connectivity index (χ0) is 29.0. The Hall–Kier alpha value is -3.06. The molecule has 2 aromatic carbocycles. The predicted octanol–water partition coefficient (Wildman–Crippen LogP) is 5.51. The lowest BCUT2D eigenvalue weighted by molar-refractivity contribution is -0.142. The van der Waals surface area contributed by atoms with Crippen LogP contribution in [-0.4, -0.2) is 71.5 Å². The van der Waals surface area contributed by atoms with Crippen LogP contribution in [0.2, 0.25) is 0 Å². The summed E-state index contributed by atoms with van der Waals surface area (Å²) in [6.45, 7) is 4.91. The molecule has 5 aliphatic rings. The predicted molar refractivity (Wildman–Crippen MR) is 160 cm³/mol. The van der Waals surface area contributed by atoms with Gasteiger partial charge in [-0.05, 0) is 76.7 Å². The Bertz CT molecular complexity index is 1360. The summed E-state index contributed by atoms with van der Waals surface area (Å²) in [5.74, 6) is 3.28. The molecule has 0 unspecified atom stereocenters. The molecule has 1 N–H and O–H groups in total. The van der Waals surface area contributed by atoms with E-state index in [0.717, 1.165) is 61.6 Å². The van der Waals surface area contributed by atoms with Crippen molar-refractivity contribution in [3.05, 3.63) is 53.1 Å². The van der Waals surface area contributed by atoms with Crippen LogP contribution in [0.15, 0.2) is 36.4 Å². The Morgan fingerprint density at radius 3 is 2.64 bits per heavy atom. The van der Waals surface area contributed by atoms with Crippen molar-refractivity contribution in [1.82, 2.24) is 9.80 Å². The second-order valence-electron chi connectivity index (χ2n) is 13.2. The average molecular weight is 573 g/mol. The number of aromatic hydroxyl groups is 1. The molecule has 2 aliphatic heterocycles. The highest BCUT2D eigenvalue weighted by molar-refractivity contribution is 5.96. The quantitative estimate of drug-likeness (QED) is 0.283. The standard InChI is InChI=1S/C35H44N2O5/c1-3-37(31(40)12-8-7-11-28(38)23-9-5-4-6-10-23)26-16-15-25-27-19-24-29(39)20-30(41-2)33-32(24)35(25,34(26)42-33)17-18-36(27)21-22-13-14-22/h4-6,9-10,20,22,25-27,34,39H,3,7-8,11-19,21H2,1-2H3/t25-,26-,27+,34-,35-/m0/s1. The van der Waals surface area contributed by atoms with E-state index in [-0.39, 0.29) is 29.3 Å². The third-order valence-electron chi connectivity index (χ3n) is 11.1. The lowest BCUT2D eigenvalue weighted by Crippen LogP contribution is -2.69. The number of carbonyl (C=O) groups is 2. The van der Waals surface area contributed by atoms with Gasteiger partial charge in [0.05, 0.1) is 13.2 Å². The minimum atomic E-state index is -0.210. The number of methoxy groups -OCH3 is 1. The molecule has 224 valence electrons. The van der Waals surface area contributed by atoms with Gasteiger partial charge in [-0.3, -0.25) is 14.5 Å². The molecule has 2 heterocycles. The molecule has 42 heavy (non-hydrogen) atoms. The van der Waals surface area contributed by atoms with E-state index < -0.39 is 0 Å². The molecule has 5 atom stereocenters. The van der Waals surface area contributed by atoms with Crippen LogP contribution < -0.4 is 9.47 Å². The van der Waals surface area contributed by atoms with Gasteiger partial charge in [0, 0.05) is 60.1 Å². The van der Waals surface area contributed by atoms with E-state index >= 15 is 0 Å². The molecule has 7 nitrogen and oxygen atoms in total. The number of unbranched alkanes of at least 4 members (excludes halogenated alkanes) is 1. The van der Waals surface area contributed by atoms with E-state index in [1.54, 1.807) is 13.2 Å². The number of ether oxygens (including phenoxy) is 2. The van der Waals surface area contributed by atoms with Crippen molar-refractivity contribution < 1.29 is 24.2 Å². The molecule has 0 radical (unpaired) electrons. The second-order valence-corrected chi connectivity index (χ2v) is 13.2. The molecule has 1 amide bonds. The van der Waals surface area contributed by atoms with Gasteiger partial charge in [-0.2, -0.15) is 0 Å². The van der Waals surface area contributed by atoms with Gasteiger partial charge in [0.15, 0.2) is 17.3 Å². The molecule has 1 saturated heterocycles. The number of ketones is 1. The third kappa shape index (κ3) is 4.42. The number of amides is 1. The molecular formula is C35H44N2O5. The lowest BCUT2D eigenvalue weighted by Gasteiger charge is -2.60. The van der Waals surface area contributed by atoms with Crippen molar-refractivity contribution >= 4 is 11.7 Å². The summed E-state index contributed by atoms with van der Waals surface area (Å²) in [6.07, 6.45) is 8.67. The topological polar surface area (TPSA) is 79.3 Å². The van der Waals surface area contributed by atoms with Gasteiger partial charge in [0.1, 0.15) is 11.9 Å². The van der Waals surface area contributed by atoms with Gasteiger partial charge in [-0.25, -0.2) is 0 Å². The maximum Gasteiger partial charge on any atom is 0.222 e. The van der Waals surface area contributed by atoms with E-state index in [4.69, 9.17) is 9.47 Å². The SMILES string of the molecule is CCN(C(=O)CCCCC(=O)c1ccccc1)[C@H]1CC[C@H]2[C@H]3Cc4c(O)cc(OC)c5c4[C@@]2(CCN3CC2CC2)[C@H]1O5. The fraction of sp³-hybridized carbons (Fsp3) is 0.600. The number of Topliss-reactive ketones (excluding diaryl/α,β-unsaturated/α-hetero) is 1. The zero-order valence-electron chi connectivity index (χ0n) is 25.0. The fourth-order valence-electron chi connectivity index (χ4n) is 9.05. The van der Waals surface area contributed by atoms with Gasteiger partial charge >= 0.3 is 0 Å². The van der Waals surface area contributed by atoms with Crippen molar-refractivity contribution in [3.8, 4) is 17.2 Å². The lowest BCUT2D eigenvalue weighted by atomic mass is 9.50. The second kappa shape index (κ2) is 10.9. The van der Waals surface area contributed by atoms with Gasteiger partial charge in [0.2, 0.25) is 5.91 Å². The van der Waals surface area contributed by atoms with Crippen LogP contribution in [0.3, 0.4) is 0 Å². The Balaban J connectivity index is 1.12. The first-order valence-corrected chi connectivity index (χ1v) is 16.2. The molecule has 2 saturated carbocycles. The normalized spacial score (nSPS) is 29.0. The fourth-order valence-corrected chi connectivity index (χ4v) is 9.05. The molecule has 2 aromatic rings. The van der Waals surface area contributed by atoms with Gasteiger partial charge in [-0.1, -0.05) is 30.3 Å². The summed E-state index contributed by atoms with van der Waals surface area (Å²) in [5.41, 5.74) is 2.73. The van der Waals surface area contributed by atoms with Crippen LogP contribution in [0.25, 0.3) is 0 Å². The number of likely N-dealkylation sites (N-methyl/N-ethyl adjacent to an activating group) is 1. The Morgan fingerprint density at radius 1 is 1.12 bits per heavy atom. The molecule has 7 rings (SSSR count). The number of hydrogen-bond donors (Lipinski definition) is 1. The molecule has 3 fully saturated rings. The number of piperidine rings is 1. The number of benzene rings is 2. The maximum absolute atomic E-state index is 13.8. The number of carbonyl (C=O) groups excluding carboxylic acids is 2. The number of hydrogen-bond acceptors (Lipinski definition) is 6. The zero-order valence-corrected chi connectivity index (χ0v) is 25.0. The molecule has 1 spiro atoms. The first kappa shape index (κ1) is 27.8. The molecule has 3 aliphatic carbocycles. The summed E-state index contributed by atoms with van der Waals surface area (Å²) in [6, 6.07) is 11.5. The van der Waals surface area contributed by atoms with Gasteiger partial charge in [-0.15, -0.1) is 0 Å². The molecular weight excluding hydrogens is 528 g/mol. The summed E-state index contributed by atoms with van der Waals surface area (Å²) >= 11 is 0. The van der Waals surface area contributed by atoms with Crippen molar-refractivity contribution in [2.24, 2.45) is 11.8 Å². The van der Waals surface area contributed by atoms with E-state index in [2.05, 4.69) is 16.7 Å². The average Bonchev–Trinajstić information content (AvgIpc) is 3.76. The van der Waals surface area contributed by atoms with Crippen molar-refractivity contribution in [1.29, 1.82) is 0 Å². The summed E-state index contributed by atoms with van der Waals surface area (Å²) < 4.78 is 12.7. The highest BCUT2D eigenvalue weighted by atomic mass is 16.5. The minimum Gasteiger partial charge on any atom is -0.508 e. The van der Waals surface area contributed by atoms with E-state index in [0.29, 0.717) is 55.7 Å². The number of phenols is 1. The van der Waals surface area contributed by atoms with Crippen molar-refractivity contribution in [2.75, 3.05) is 26.7 Å². The highest BCUT2D eigenvalue weighted by Crippen LogP contribution is 2.65. The van der Waals surface area contributed by atoms with E-state index in [1.807, 2.05) is 30.3 Å². The molecule has 7 heteroatoms. The Kier molecular flexibility index (Phi) is 7.20. The number of phenolic OH excluding ortho intramolecular Hbond substituents is 1. The van der Waals surface area contributed by atoms with Crippen LogP contribution in [0.4, 0.5) is 0 Å². The number of nitrogens with zero attached hydrogens (tertiary/aromatic N) is 2. The Morgan fingerprint density at radius 2 is 1.90 bits per heavy atom. The van der Waals surface area contributed by atoms with Gasteiger partial charge in [0.25, 0.3) is 0 Å². The minimum absolute atomic E-state index is 0.0227. The first-order valence-electron chi connectivity index (χ1n) is 16.2. The summed E-state index contributed by atoms with van der Waals surface area (Å²) in [5, 5.41) is 11.2.